The number of benzene rings is 1. The van der Waals surface area contributed by atoms with E-state index in [2.05, 4.69) is 6.07 Å². The normalized spacial score (nSPS) is 12.6. The highest BCUT2D eigenvalue weighted by Crippen LogP contribution is 2.35. The van der Waals surface area contributed by atoms with Crippen molar-refractivity contribution in [2.45, 2.75) is 19.8 Å². The molecule has 3 nitrogen and oxygen atoms in total. The zero-order valence-corrected chi connectivity index (χ0v) is 9.73. The Morgan fingerprint density at radius 1 is 1.38 bits per heavy atom. The van der Waals surface area contributed by atoms with Crippen molar-refractivity contribution in [1.82, 2.24) is 0 Å². The van der Waals surface area contributed by atoms with Gasteiger partial charge in [-0.2, -0.15) is 5.26 Å². The number of hydrogen-bond donors (Lipinski definition) is 0. The molecule has 0 unspecified atom stereocenters. The number of hydrogen-bond acceptors (Lipinski definition) is 3. The first-order valence-corrected chi connectivity index (χ1v) is 5.07. The Bertz CT molecular complexity index is 404. The predicted octanol–water partition coefficient (Wildman–Crippen LogP) is 2.49. The summed E-state index contributed by atoms with van der Waals surface area (Å²) >= 11 is 0. The molecule has 0 amide bonds. The molecule has 16 heavy (non-hydrogen) atoms. The van der Waals surface area contributed by atoms with Gasteiger partial charge in [0.15, 0.2) is 0 Å². The van der Waals surface area contributed by atoms with Crippen LogP contribution in [0.15, 0.2) is 30.3 Å². The minimum atomic E-state index is -0.842. The predicted molar refractivity (Wildman–Crippen MR) is 60.6 cm³/mol. The van der Waals surface area contributed by atoms with Crippen LogP contribution in [0.4, 0.5) is 0 Å². The standard InChI is InChI=1S/C13H15NO2/c1-13(2,12(15)16-3)11(9-14)10-7-5-4-6-8-10/h4-8,11H,1-3H3/t11-/m1/s1. The second-order valence-corrected chi connectivity index (χ2v) is 4.19. The van der Waals surface area contributed by atoms with Crippen molar-refractivity contribution in [3.8, 4) is 6.07 Å². The van der Waals surface area contributed by atoms with Crippen LogP contribution in [0.1, 0.15) is 25.3 Å². The minimum absolute atomic E-state index is 0.372. The third-order valence-electron chi connectivity index (χ3n) is 2.70. The molecule has 0 radical (unpaired) electrons. The first kappa shape index (κ1) is 12.3. The monoisotopic (exact) mass is 217 g/mol. The topological polar surface area (TPSA) is 50.1 Å². The van der Waals surface area contributed by atoms with E-state index in [0.717, 1.165) is 5.56 Å². The molecule has 0 aliphatic rings. The molecule has 1 rings (SSSR count). The summed E-state index contributed by atoms with van der Waals surface area (Å²) in [6, 6.07) is 11.5. The summed E-state index contributed by atoms with van der Waals surface area (Å²) in [6.07, 6.45) is 0. The lowest BCUT2D eigenvalue weighted by molar-refractivity contribution is -0.151. The third-order valence-corrected chi connectivity index (χ3v) is 2.70. The fourth-order valence-electron chi connectivity index (χ4n) is 1.68. The Kier molecular flexibility index (Phi) is 3.68. The van der Waals surface area contributed by atoms with Crippen molar-refractivity contribution < 1.29 is 9.53 Å². The van der Waals surface area contributed by atoms with Gasteiger partial charge in [0.25, 0.3) is 0 Å². The quantitative estimate of drug-likeness (QED) is 0.731. The van der Waals surface area contributed by atoms with E-state index in [-0.39, 0.29) is 5.97 Å². The SMILES string of the molecule is COC(=O)C(C)(C)[C@H](C#N)c1ccccc1. The summed E-state index contributed by atoms with van der Waals surface area (Å²) in [5.74, 6) is -0.871. The number of nitrogens with zero attached hydrogens (tertiary/aromatic N) is 1. The summed E-state index contributed by atoms with van der Waals surface area (Å²) < 4.78 is 4.73. The lowest BCUT2D eigenvalue weighted by atomic mass is 9.76. The zero-order chi connectivity index (χ0) is 12.2. The maximum absolute atomic E-state index is 11.6. The summed E-state index contributed by atoms with van der Waals surface area (Å²) in [5.41, 5.74) is -0.00870. The van der Waals surface area contributed by atoms with Gasteiger partial charge in [0.1, 0.15) is 0 Å². The van der Waals surface area contributed by atoms with Crippen LogP contribution >= 0.6 is 0 Å². The largest absolute Gasteiger partial charge is 0.469 e. The maximum Gasteiger partial charge on any atom is 0.312 e. The van der Waals surface area contributed by atoms with Gasteiger partial charge in [0.2, 0.25) is 0 Å². The Hall–Kier alpha value is -1.82. The smallest absolute Gasteiger partial charge is 0.312 e. The van der Waals surface area contributed by atoms with E-state index in [1.165, 1.54) is 7.11 Å². The van der Waals surface area contributed by atoms with Crippen LogP contribution in [-0.2, 0) is 9.53 Å². The molecule has 84 valence electrons. The second-order valence-electron chi connectivity index (χ2n) is 4.19. The third kappa shape index (κ3) is 2.22. The molecule has 0 fully saturated rings. The van der Waals surface area contributed by atoms with E-state index in [4.69, 9.17) is 4.74 Å². The van der Waals surface area contributed by atoms with Crippen LogP contribution in [0.25, 0.3) is 0 Å². The highest BCUT2D eigenvalue weighted by molar-refractivity contribution is 5.77. The summed E-state index contributed by atoms with van der Waals surface area (Å²) in [7, 11) is 1.34. The minimum Gasteiger partial charge on any atom is -0.469 e. The van der Waals surface area contributed by atoms with E-state index >= 15 is 0 Å². The Morgan fingerprint density at radius 2 is 1.94 bits per heavy atom. The molecular weight excluding hydrogens is 202 g/mol. The highest BCUT2D eigenvalue weighted by Gasteiger charge is 2.39. The summed E-state index contributed by atoms with van der Waals surface area (Å²) in [5, 5.41) is 9.20. The molecule has 0 aliphatic heterocycles. The lowest BCUT2D eigenvalue weighted by Crippen LogP contribution is -2.32. The average Bonchev–Trinajstić information content (AvgIpc) is 2.30. The van der Waals surface area contributed by atoms with E-state index in [0.29, 0.717) is 0 Å². The van der Waals surface area contributed by atoms with Crippen LogP contribution in [-0.4, -0.2) is 13.1 Å². The Morgan fingerprint density at radius 3 is 2.38 bits per heavy atom. The van der Waals surface area contributed by atoms with Crippen LogP contribution in [0.5, 0.6) is 0 Å². The fraction of sp³-hybridized carbons (Fsp3) is 0.385. The molecule has 0 saturated carbocycles. The van der Waals surface area contributed by atoms with Crippen molar-refractivity contribution in [2.75, 3.05) is 7.11 Å². The Labute approximate surface area is 95.7 Å². The zero-order valence-electron chi connectivity index (χ0n) is 9.73. The molecule has 0 bridgehead atoms. The van der Waals surface area contributed by atoms with E-state index in [1.807, 2.05) is 30.3 Å². The van der Waals surface area contributed by atoms with Gasteiger partial charge < -0.3 is 4.74 Å². The van der Waals surface area contributed by atoms with Crippen molar-refractivity contribution >= 4 is 5.97 Å². The number of methoxy groups -OCH3 is 1. The van der Waals surface area contributed by atoms with Gasteiger partial charge in [-0.05, 0) is 19.4 Å². The molecule has 0 N–H and O–H groups in total. The van der Waals surface area contributed by atoms with Gasteiger partial charge in [-0.1, -0.05) is 30.3 Å². The van der Waals surface area contributed by atoms with Gasteiger partial charge in [-0.15, -0.1) is 0 Å². The number of esters is 1. The van der Waals surface area contributed by atoms with Crippen LogP contribution in [0, 0.1) is 16.7 Å². The van der Waals surface area contributed by atoms with Crippen LogP contribution in [0.2, 0.25) is 0 Å². The maximum atomic E-state index is 11.6. The van der Waals surface area contributed by atoms with Crippen LogP contribution in [0.3, 0.4) is 0 Å². The number of carbonyl (C=O) groups excluding carboxylic acids is 1. The lowest BCUT2D eigenvalue weighted by Gasteiger charge is -2.26. The first-order valence-electron chi connectivity index (χ1n) is 5.07. The van der Waals surface area contributed by atoms with Gasteiger partial charge in [0.05, 0.1) is 24.5 Å². The molecule has 0 saturated heterocycles. The molecule has 3 heteroatoms. The molecule has 1 aromatic rings. The van der Waals surface area contributed by atoms with Gasteiger partial charge in [-0.25, -0.2) is 0 Å². The molecule has 0 aromatic heterocycles. The molecular formula is C13H15NO2. The average molecular weight is 217 g/mol. The number of ether oxygens (including phenoxy) is 1. The van der Waals surface area contributed by atoms with E-state index in [9.17, 15) is 10.1 Å². The van der Waals surface area contributed by atoms with Crippen LogP contribution < -0.4 is 0 Å². The van der Waals surface area contributed by atoms with E-state index < -0.39 is 11.3 Å². The van der Waals surface area contributed by atoms with Crippen molar-refractivity contribution in [3.05, 3.63) is 35.9 Å². The van der Waals surface area contributed by atoms with Crippen molar-refractivity contribution in [3.63, 3.8) is 0 Å². The van der Waals surface area contributed by atoms with Crippen molar-refractivity contribution in [2.24, 2.45) is 5.41 Å². The first-order chi connectivity index (χ1) is 7.54. The van der Waals surface area contributed by atoms with E-state index in [1.54, 1.807) is 13.8 Å². The molecule has 0 heterocycles. The fourth-order valence-corrected chi connectivity index (χ4v) is 1.68. The Balaban J connectivity index is 3.10. The summed E-state index contributed by atoms with van der Waals surface area (Å²) in [4.78, 5) is 11.6. The number of rotatable bonds is 3. The number of nitriles is 1. The van der Waals surface area contributed by atoms with Gasteiger partial charge in [0, 0.05) is 0 Å². The highest BCUT2D eigenvalue weighted by atomic mass is 16.5. The molecule has 0 aliphatic carbocycles. The van der Waals surface area contributed by atoms with Gasteiger partial charge >= 0.3 is 5.97 Å². The molecule has 1 aromatic carbocycles. The summed E-state index contributed by atoms with van der Waals surface area (Å²) in [6.45, 7) is 3.44. The molecule has 0 spiro atoms. The second kappa shape index (κ2) is 4.80. The van der Waals surface area contributed by atoms with Gasteiger partial charge in [-0.3, -0.25) is 4.79 Å². The molecule has 1 atom stereocenters. The van der Waals surface area contributed by atoms with Crippen molar-refractivity contribution in [1.29, 1.82) is 5.26 Å². The number of carbonyl (C=O) groups is 1.